The third kappa shape index (κ3) is 3.72. The van der Waals surface area contributed by atoms with Crippen molar-refractivity contribution in [2.75, 3.05) is 5.73 Å². The molecule has 0 saturated carbocycles. The van der Waals surface area contributed by atoms with Crippen molar-refractivity contribution < 1.29 is 12.8 Å². The van der Waals surface area contributed by atoms with E-state index in [0.717, 1.165) is 5.56 Å². The zero-order valence-electron chi connectivity index (χ0n) is 15.4. The molecule has 0 aliphatic heterocycles. The van der Waals surface area contributed by atoms with Crippen LogP contribution in [-0.2, 0) is 10.7 Å². The SMILES string of the molecule is CC(c1ccccc1-c1cnc(N)c(-c2nnc(-c3ccccc3)o2)n1)[SH](=O)=O. The van der Waals surface area contributed by atoms with E-state index in [2.05, 4.69) is 20.2 Å². The second kappa shape index (κ2) is 7.80. The molecule has 146 valence electrons. The van der Waals surface area contributed by atoms with Crippen molar-refractivity contribution in [1.29, 1.82) is 0 Å². The minimum atomic E-state index is -2.64. The lowest BCUT2D eigenvalue weighted by molar-refractivity contribution is 0.582. The molecule has 0 amide bonds. The van der Waals surface area contributed by atoms with Crippen molar-refractivity contribution in [3.63, 3.8) is 0 Å². The largest absolute Gasteiger partial charge is 0.414 e. The minimum absolute atomic E-state index is 0.135. The number of thiol groups is 1. The van der Waals surface area contributed by atoms with Crippen LogP contribution < -0.4 is 5.73 Å². The molecular weight excluding hydrogens is 390 g/mol. The predicted octanol–water partition coefficient (Wildman–Crippen LogP) is 3.12. The number of aromatic nitrogens is 4. The Morgan fingerprint density at radius 2 is 1.66 bits per heavy atom. The first-order chi connectivity index (χ1) is 14.0. The molecule has 0 radical (unpaired) electrons. The number of nitrogens with two attached hydrogens (primary N) is 1. The van der Waals surface area contributed by atoms with Gasteiger partial charge in [-0.15, -0.1) is 10.2 Å². The molecule has 8 nitrogen and oxygen atoms in total. The summed E-state index contributed by atoms with van der Waals surface area (Å²) in [5.74, 6) is 0.609. The van der Waals surface area contributed by atoms with Crippen molar-refractivity contribution in [3.8, 4) is 34.3 Å². The summed E-state index contributed by atoms with van der Waals surface area (Å²) in [7, 11) is -2.64. The molecule has 29 heavy (non-hydrogen) atoms. The molecule has 0 saturated heterocycles. The Labute approximate surface area is 168 Å². The third-order valence-electron chi connectivity index (χ3n) is 4.45. The van der Waals surface area contributed by atoms with Crippen LogP contribution in [0.15, 0.2) is 65.2 Å². The normalized spacial score (nSPS) is 12.2. The van der Waals surface area contributed by atoms with Crippen LogP contribution in [0, 0.1) is 0 Å². The van der Waals surface area contributed by atoms with E-state index < -0.39 is 16.0 Å². The van der Waals surface area contributed by atoms with Crippen LogP contribution in [0.3, 0.4) is 0 Å². The standard InChI is InChI=1S/C20H17N5O3S/c1-12(29(26)27)14-9-5-6-10-15(14)16-11-22-18(21)17(23-16)20-25-24-19(28-20)13-7-3-2-4-8-13/h2-12,29H,1H3,(H2,21,22). The van der Waals surface area contributed by atoms with E-state index in [1.807, 2.05) is 30.3 Å². The van der Waals surface area contributed by atoms with Crippen molar-refractivity contribution >= 4 is 16.5 Å². The second-order valence-corrected chi connectivity index (χ2v) is 7.66. The Hall–Kier alpha value is -3.59. The number of hydrogen-bond donors (Lipinski definition) is 2. The van der Waals surface area contributed by atoms with E-state index in [1.54, 1.807) is 31.2 Å². The number of hydrogen-bond acceptors (Lipinski definition) is 8. The van der Waals surface area contributed by atoms with Crippen LogP contribution >= 0.6 is 0 Å². The number of nitrogen functional groups attached to an aromatic ring is 1. The summed E-state index contributed by atoms with van der Waals surface area (Å²) in [5.41, 5.74) is 8.75. The summed E-state index contributed by atoms with van der Waals surface area (Å²) in [4.78, 5) is 8.74. The van der Waals surface area contributed by atoms with Crippen molar-refractivity contribution in [2.45, 2.75) is 12.2 Å². The van der Waals surface area contributed by atoms with Crippen LogP contribution in [0.5, 0.6) is 0 Å². The molecule has 0 spiro atoms. The van der Waals surface area contributed by atoms with Gasteiger partial charge >= 0.3 is 0 Å². The zero-order chi connectivity index (χ0) is 20.4. The third-order valence-corrected chi connectivity index (χ3v) is 5.36. The summed E-state index contributed by atoms with van der Waals surface area (Å²) >= 11 is 0. The molecule has 2 heterocycles. The number of benzene rings is 2. The molecule has 2 N–H and O–H groups in total. The Balaban J connectivity index is 1.78. The lowest BCUT2D eigenvalue weighted by Gasteiger charge is -2.12. The Bertz CT molecular complexity index is 1230. The average Bonchev–Trinajstić information content (AvgIpc) is 3.24. The lowest BCUT2D eigenvalue weighted by Crippen LogP contribution is -2.02. The molecule has 2 aromatic carbocycles. The van der Waals surface area contributed by atoms with E-state index >= 15 is 0 Å². The van der Waals surface area contributed by atoms with Gasteiger partial charge in [0.1, 0.15) is 10.7 Å². The van der Waals surface area contributed by atoms with Gasteiger partial charge in [-0.1, -0.05) is 42.5 Å². The molecule has 9 heteroatoms. The molecule has 0 aliphatic rings. The first-order valence-electron chi connectivity index (χ1n) is 8.79. The maximum atomic E-state index is 11.5. The van der Waals surface area contributed by atoms with Gasteiger partial charge < -0.3 is 10.2 Å². The molecule has 4 rings (SSSR count). The minimum Gasteiger partial charge on any atom is -0.414 e. The van der Waals surface area contributed by atoms with E-state index in [9.17, 15) is 8.42 Å². The van der Waals surface area contributed by atoms with Gasteiger partial charge in [-0.05, 0) is 24.6 Å². The first-order valence-corrected chi connectivity index (χ1v) is 10.0. The van der Waals surface area contributed by atoms with Crippen molar-refractivity contribution in [1.82, 2.24) is 20.2 Å². The summed E-state index contributed by atoms with van der Waals surface area (Å²) in [6.45, 7) is 1.63. The Kier molecular flexibility index (Phi) is 5.05. The molecule has 1 unspecified atom stereocenters. The molecule has 2 aromatic heterocycles. The maximum absolute atomic E-state index is 11.5. The fourth-order valence-corrected chi connectivity index (χ4v) is 3.36. The summed E-state index contributed by atoms with van der Waals surface area (Å²) in [5, 5.41) is 7.43. The van der Waals surface area contributed by atoms with E-state index in [-0.39, 0.29) is 17.4 Å². The molecule has 0 fully saturated rings. The fraction of sp³-hybridized carbons (Fsp3) is 0.100. The van der Waals surface area contributed by atoms with Crippen LogP contribution in [0.2, 0.25) is 0 Å². The van der Waals surface area contributed by atoms with E-state index in [0.29, 0.717) is 22.7 Å². The summed E-state index contributed by atoms with van der Waals surface area (Å²) < 4.78 is 28.8. The molecule has 0 bridgehead atoms. The highest BCUT2D eigenvalue weighted by atomic mass is 32.2. The van der Waals surface area contributed by atoms with E-state index in [4.69, 9.17) is 10.2 Å². The predicted molar refractivity (Wildman–Crippen MR) is 109 cm³/mol. The molecule has 0 aliphatic carbocycles. The van der Waals surface area contributed by atoms with Crippen molar-refractivity contribution in [3.05, 3.63) is 66.4 Å². The average molecular weight is 407 g/mol. The lowest BCUT2D eigenvalue weighted by atomic mass is 10.0. The highest BCUT2D eigenvalue weighted by Gasteiger charge is 2.19. The first kappa shape index (κ1) is 18.8. The van der Waals surface area contributed by atoms with Gasteiger partial charge in [-0.2, -0.15) is 0 Å². The molecule has 4 aromatic rings. The topological polar surface area (TPSA) is 125 Å². The molecule has 1 atom stereocenters. The van der Waals surface area contributed by atoms with Crippen molar-refractivity contribution in [2.24, 2.45) is 0 Å². The van der Waals surface area contributed by atoms with Gasteiger partial charge in [0.25, 0.3) is 5.89 Å². The summed E-state index contributed by atoms with van der Waals surface area (Å²) in [6.07, 6.45) is 1.50. The van der Waals surface area contributed by atoms with Crippen LogP contribution in [0.4, 0.5) is 5.82 Å². The van der Waals surface area contributed by atoms with Crippen LogP contribution in [-0.4, -0.2) is 28.6 Å². The highest BCUT2D eigenvalue weighted by molar-refractivity contribution is 7.72. The Morgan fingerprint density at radius 1 is 0.966 bits per heavy atom. The second-order valence-electron chi connectivity index (χ2n) is 6.32. The van der Waals surface area contributed by atoms with Gasteiger partial charge in [0.05, 0.1) is 17.1 Å². The number of rotatable bonds is 5. The Morgan fingerprint density at radius 3 is 2.41 bits per heavy atom. The van der Waals surface area contributed by atoms with Gasteiger partial charge in [0, 0.05) is 11.1 Å². The van der Waals surface area contributed by atoms with Gasteiger partial charge in [-0.25, -0.2) is 18.4 Å². The van der Waals surface area contributed by atoms with Gasteiger partial charge in [0.2, 0.25) is 5.89 Å². The zero-order valence-corrected chi connectivity index (χ0v) is 16.3. The number of anilines is 1. The van der Waals surface area contributed by atoms with Crippen LogP contribution in [0.25, 0.3) is 34.3 Å². The molecular formula is C20H17N5O3S. The quantitative estimate of drug-likeness (QED) is 0.484. The fourth-order valence-electron chi connectivity index (χ4n) is 2.91. The number of nitrogens with zero attached hydrogens (tertiary/aromatic N) is 4. The monoisotopic (exact) mass is 407 g/mol. The summed E-state index contributed by atoms with van der Waals surface area (Å²) in [6, 6.07) is 16.5. The van der Waals surface area contributed by atoms with E-state index in [1.165, 1.54) is 6.20 Å². The smallest absolute Gasteiger partial charge is 0.270 e. The highest BCUT2D eigenvalue weighted by Crippen LogP contribution is 2.31. The maximum Gasteiger partial charge on any atom is 0.270 e. The van der Waals surface area contributed by atoms with Gasteiger partial charge in [0.15, 0.2) is 11.5 Å². The van der Waals surface area contributed by atoms with Gasteiger partial charge in [-0.3, -0.25) is 0 Å². The van der Waals surface area contributed by atoms with Crippen LogP contribution in [0.1, 0.15) is 17.7 Å².